The minimum atomic E-state index is -0.214. The Bertz CT molecular complexity index is 711. The third-order valence-electron chi connectivity index (χ3n) is 3.84. The molecule has 0 aliphatic carbocycles. The number of rotatable bonds is 5. The first-order chi connectivity index (χ1) is 11.6. The van der Waals surface area contributed by atoms with E-state index in [-0.39, 0.29) is 12.1 Å². The van der Waals surface area contributed by atoms with Gasteiger partial charge >= 0.3 is 6.03 Å². The Balaban J connectivity index is 1.45. The van der Waals surface area contributed by atoms with Crippen molar-refractivity contribution in [2.45, 2.75) is 26.3 Å². The summed E-state index contributed by atoms with van der Waals surface area (Å²) in [5.74, 6) is 3.12. The number of furan rings is 1. The van der Waals surface area contributed by atoms with Crippen molar-refractivity contribution in [3.63, 3.8) is 0 Å². The fraction of sp³-hybridized carbons (Fsp3) is 0.389. The van der Waals surface area contributed by atoms with E-state index in [1.54, 1.807) is 0 Å². The maximum atomic E-state index is 11.9. The summed E-state index contributed by atoms with van der Waals surface area (Å²) in [7, 11) is 0. The molecule has 0 fully saturated rings. The van der Waals surface area contributed by atoms with Gasteiger partial charge in [0.15, 0.2) is 11.5 Å². The molecule has 2 N–H and O–H groups in total. The van der Waals surface area contributed by atoms with E-state index >= 15 is 0 Å². The Morgan fingerprint density at radius 3 is 2.71 bits per heavy atom. The van der Waals surface area contributed by atoms with Crippen LogP contribution in [0.1, 0.15) is 30.0 Å². The van der Waals surface area contributed by atoms with Crippen LogP contribution in [0.2, 0.25) is 0 Å². The van der Waals surface area contributed by atoms with E-state index in [1.807, 2.05) is 44.2 Å². The van der Waals surface area contributed by atoms with Crippen molar-refractivity contribution < 1.29 is 18.7 Å². The zero-order chi connectivity index (χ0) is 16.9. The van der Waals surface area contributed by atoms with Crippen LogP contribution in [-0.2, 0) is 6.42 Å². The van der Waals surface area contributed by atoms with Gasteiger partial charge < -0.3 is 24.5 Å². The van der Waals surface area contributed by atoms with Crippen molar-refractivity contribution >= 4 is 6.03 Å². The van der Waals surface area contributed by atoms with Crippen molar-refractivity contribution in [2.75, 3.05) is 19.8 Å². The van der Waals surface area contributed by atoms with Crippen LogP contribution >= 0.6 is 0 Å². The van der Waals surface area contributed by atoms with Gasteiger partial charge in [0.1, 0.15) is 24.7 Å². The van der Waals surface area contributed by atoms with Crippen LogP contribution in [0.3, 0.4) is 0 Å². The average molecular weight is 330 g/mol. The number of hydrogen-bond acceptors (Lipinski definition) is 4. The number of nitrogens with one attached hydrogen (secondary N) is 2. The molecule has 6 heteroatoms. The molecule has 0 saturated heterocycles. The van der Waals surface area contributed by atoms with Gasteiger partial charge in [-0.3, -0.25) is 0 Å². The third-order valence-corrected chi connectivity index (χ3v) is 3.84. The van der Waals surface area contributed by atoms with E-state index in [0.29, 0.717) is 19.8 Å². The Labute approximate surface area is 141 Å². The molecule has 1 aliphatic rings. The molecule has 128 valence electrons. The number of hydrogen-bond donors (Lipinski definition) is 2. The predicted octanol–water partition coefficient (Wildman–Crippen LogP) is 2.96. The molecule has 0 spiro atoms. The summed E-state index contributed by atoms with van der Waals surface area (Å²) in [5.41, 5.74) is 1.09. The molecule has 3 rings (SSSR count). The quantitative estimate of drug-likeness (QED) is 0.884. The molecule has 2 amide bonds. The lowest BCUT2D eigenvalue weighted by Crippen LogP contribution is -2.37. The first kappa shape index (κ1) is 16.2. The summed E-state index contributed by atoms with van der Waals surface area (Å²) in [4.78, 5) is 11.9. The number of aryl methyl sites for hydroxylation is 1. The molecule has 1 aromatic heterocycles. The van der Waals surface area contributed by atoms with Crippen LogP contribution in [0.5, 0.6) is 11.5 Å². The molecular weight excluding hydrogens is 308 g/mol. The first-order valence-electron chi connectivity index (χ1n) is 8.11. The highest BCUT2D eigenvalue weighted by molar-refractivity contribution is 5.74. The third kappa shape index (κ3) is 4.01. The second-order valence-corrected chi connectivity index (χ2v) is 5.80. The normalized spacial score (nSPS) is 14.1. The van der Waals surface area contributed by atoms with Gasteiger partial charge in [0.05, 0.1) is 6.04 Å². The highest BCUT2D eigenvalue weighted by Crippen LogP contribution is 2.30. The van der Waals surface area contributed by atoms with Gasteiger partial charge in [0.2, 0.25) is 0 Å². The topological polar surface area (TPSA) is 72.7 Å². The van der Waals surface area contributed by atoms with Gasteiger partial charge in [-0.05, 0) is 50.1 Å². The molecule has 2 aromatic rings. The highest BCUT2D eigenvalue weighted by Gasteiger charge is 2.13. The van der Waals surface area contributed by atoms with Gasteiger partial charge in [-0.25, -0.2) is 4.79 Å². The van der Waals surface area contributed by atoms with Crippen LogP contribution in [0.25, 0.3) is 0 Å². The van der Waals surface area contributed by atoms with Crippen molar-refractivity contribution in [1.82, 2.24) is 10.6 Å². The SMILES string of the molecule is Cc1ccc(C(C)NC(=O)NCCc2ccc3c(c2)OCCO3)o1. The second kappa shape index (κ2) is 7.29. The van der Waals surface area contributed by atoms with Crippen molar-refractivity contribution in [3.8, 4) is 11.5 Å². The van der Waals surface area contributed by atoms with E-state index in [2.05, 4.69) is 10.6 Å². The molecule has 1 atom stereocenters. The minimum Gasteiger partial charge on any atom is -0.486 e. The summed E-state index contributed by atoms with van der Waals surface area (Å²) >= 11 is 0. The van der Waals surface area contributed by atoms with Gasteiger partial charge in [-0.15, -0.1) is 0 Å². The van der Waals surface area contributed by atoms with Gasteiger partial charge in [-0.2, -0.15) is 0 Å². The van der Waals surface area contributed by atoms with Crippen LogP contribution < -0.4 is 20.1 Å². The summed E-state index contributed by atoms with van der Waals surface area (Å²) in [5, 5.41) is 5.71. The first-order valence-corrected chi connectivity index (χ1v) is 8.11. The standard InChI is InChI=1S/C18H22N2O4/c1-12-3-5-15(24-12)13(2)20-18(21)19-8-7-14-4-6-16-17(11-14)23-10-9-22-16/h3-6,11,13H,7-10H2,1-2H3,(H2,19,20,21). The summed E-state index contributed by atoms with van der Waals surface area (Å²) in [6, 6.07) is 9.22. The molecule has 0 saturated carbocycles. The highest BCUT2D eigenvalue weighted by atomic mass is 16.6. The number of carbonyl (C=O) groups excluding carboxylic acids is 1. The van der Waals surface area contributed by atoms with Gasteiger partial charge in [-0.1, -0.05) is 6.07 Å². The largest absolute Gasteiger partial charge is 0.486 e. The molecule has 0 bridgehead atoms. The fourth-order valence-electron chi connectivity index (χ4n) is 2.57. The number of carbonyl (C=O) groups is 1. The average Bonchev–Trinajstić information content (AvgIpc) is 3.01. The van der Waals surface area contributed by atoms with Crippen LogP contribution in [0.4, 0.5) is 4.79 Å². The van der Waals surface area contributed by atoms with E-state index < -0.39 is 0 Å². The lowest BCUT2D eigenvalue weighted by molar-refractivity contribution is 0.171. The Morgan fingerprint density at radius 1 is 1.17 bits per heavy atom. The molecule has 0 radical (unpaired) electrons. The Hall–Kier alpha value is -2.63. The van der Waals surface area contributed by atoms with Gasteiger partial charge in [0, 0.05) is 6.54 Å². The minimum absolute atomic E-state index is 0.173. The van der Waals surface area contributed by atoms with Crippen molar-refractivity contribution in [3.05, 3.63) is 47.4 Å². The molecule has 1 aliphatic heterocycles. The summed E-state index contributed by atoms with van der Waals surface area (Å²) in [6.07, 6.45) is 0.721. The van der Waals surface area contributed by atoms with Crippen molar-refractivity contribution in [2.24, 2.45) is 0 Å². The van der Waals surface area contributed by atoms with Gasteiger partial charge in [0.25, 0.3) is 0 Å². The van der Waals surface area contributed by atoms with E-state index in [0.717, 1.165) is 35.0 Å². The van der Waals surface area contributed by atoms with Crippen LogP contribution in [0, 0.1) is 6.92 Å². The monoisotopic (exact) mass is 330 g/mol. The zero-order valence-electron chi connectivity index (χ0n) is 13.9. The smallest absolute Gasteiger partial charge is 0.315 e. The van der Waals surface area contributed by atoms with E-state index in [1.165, 1.54) is 0 Å². The Kier molecular flexibility index (Phi) is 4.93. The summed E-state index contributed by atoms with van der Waals surface area (Å²) < 4.78 is 16.6. The molecule has 1 unspecified atom stereocenters. The van der Waals surface area contributed by atoms with E-state index in [4.69, 9.17) is 13.9 Å². The van der Waals surface area contributed by atoms with E-state index in [9.17, 15) is 4.79 Å². The van der Waals surface area contributed by atoms with Crippen molar-refractivity contribution in [1.29, 1.82) is 0 Å². The number of ether oxygens (including phenoxy) is 2. The molecule has 6 nitrogen and oxygen atoms in total. The second-order valence-electron chi connectivity index (χ2n) is 5.80. The maximum absolute atomic E-state index is 11.9. The molecule has 1 aromatic carbocycles. The molecular formula is C18H22N2O4. The predicted molar refractivity (Wildman–Crippen MR) is 89.5 cm³/mol. The molecule has 24 heavy (non-hydrogen) atoms. The number of amides is 2. The molecule has 2 heterocycles. The lowest BCUT2D eigenvalue weighted by Gasteiger charge is -2.19. The fourth-order valence-corrected chi connectivity index (χ4v) is 2.57. The van der Waals surface area contributed by atoms with Crippen LogP contribution in [-0.4, -0.2) is 25.8 Å². The maximum Gasteiger partial charge on any atom is 0.315 e. The number of urea groups is 1. The van der Waals surface area contributed by atoms with Crippen LogP contribution in [0.15, 0.2) is 34.7 Å². The zero-order valence-corrected chi connectivity index (χ0v) is 13.9. The number of benzene rings is 1. The lowest BCUT2D eigenvalue weighted by atomic mass is 10.1. The summed E-state index contributed by atoms with van der Waals surface area (Å²) in [6.45, 7) is 5.46. The Morgan fingerprint density at radius 2 is 1.96 bits per heavy atom. The number of fused-ring (bicyclic) bond motifs is 1.